The van der Waals surface area contributed by atoms with E-state index in [1.807, 2.05) is 29.0 Å². The normalized spacial score (nSPS) is 12.7. The summed E-state index contributed by atoms with van der Waals surface area (Å²) in [7, 11) is 0. The second kappa shape index (κ2) is 7.67. The Morgan fingerprint density at radius 1 is 1.18 bits per heavy atom. The Bertz CT molecular complexity index is 1040. The quantitative estimate of drug-likeness (QED) is 0.618. The van der Waals surface area contributed by atoms with Gasteiger partial charge in [-0.1, -0.05) is 42.1 Å². The molecule has 0 bridgehead atoms. The predicted octanol–water partition coefficient (Wildman–Crippen LogP) is 3.79. The Labute approximate surface area is 168 Å². The van der Waals surface area contributed by atoms with Gasteiger partial charge in [-0.15, -0.1) is 0 Å². The summed E-state index contributed by atoms with van der Waals surface area (Å²) >= 11 is 1.30. The Balaban J connectivity index is 1.94. The standard InChI is InChI=1S/C21H23N3O3S/c1-13-9-10-17(16-8-6-5-7-15(13)16)24-12-11-22-20(24)28-21(3,4)19(27)23-14(2)18(25)26/h5-12,14H,1-4H3,(H,23,27)(H,25,26). The van der Waals surface area contributed by atoms with Gasteiger partial charge in [-0.25, -0.2) is 4.98 Å². The maximum absolute atomic E-state index is 12.6. The summed E-state index contributed by atoms with van der Waals surface area (Å²) in [6.45, 7) is 7.04. The average Bonchev–Trinajstić information content (AvgIpc) is 3.09. The van der Waals surface area contributed by atoms with Crippen LogP contribution in [0, 0.1) is 6.92 Å². The first-order valence-corrected chi connectivity index (χ1v) is 9.77. The SMILES string of the molecule is Cc1ccc(-n2ccnc2SC(C)(C)C(=O)NC(C)C(=O)O)c2ccccc12. The van der Waals surface area contributed by atoms with Crippen molar-refractivity contribution in [1.82, 2.24) is 14.9 Å². The first-order valence-electron chi connectivity index (χ1n) is 8.95. The van der Waals surface area contributed by atoms with Gasteiger partial charge >= 0.3 is 5.97 Å². The van der Waals surface area contributed by atoms with Gasteiger partial charge in [-0.3, -0.25) is 14.2 Å². The molecule has 146 valence electrons. The molecule has 2 N–H and O–H groups in total. The molecule has 6 nitrogen and oxygen atoms in total. The Kier molecular flexibility index (Phi) is 5.47. The molecule has 3 rings (SSSR count). The molecule has 0 aliphatic carbocycles. The highest BCUT2D eigenvalue weighted by molar-refractivity contribution is 8.01. The van der Waals surface area contributed by atoms with Crippen molar-refractivity contribution in [1.29, 1.82) is 0 Å². The van der Waals surface area contributed by atoms with E-state index in [2.05, 4.69) is 35.4 Å². The van der Waals surface area contributed by atoms with Crippen LogP contribution in [0.15, 0.2) is 53.9 Å². The number of nitrogens with zero attached hydrogens (tertiary/aromatic N) is 2. The number of carboxylic acid groups (broad SMARTS) is 1. The molecule has 2 aromatic carbocycles. The number of thioether (sulfide) groups is 1. The molecule has 3 aromatic rings. The van der Waals surface area contributed by atoms with E-state index in [4.69, 9.17) is 5.11 Å². The number of amides is 1. The van der Waals surface area contributed by atoms with Crippen LogP contribution >= 0.6 is 11.8 Å². The van der Waals surface area contributed by atoms with Gasteiger partial charge in [0.05, 0.1) is 10.4 Å². The average molecular weight is 398 g/mol. The van der Waals surface area contributed by atoms with E-state index in [9.17, 15) is 9.59 Å². The van der Waals surface area contributed by atoms with Crippen LogP contribution in [0.4, 0.5) is 0 Å². The first-order chi connectivity index (χ1) is 13.2. The van der Waals surface area contributed by atoms with E-state index in [1.54, 1.807) is 20.0 Å². The van der Waals surface area contributed by atoms with Gasteiger partial charge in [0.15, 0.2) is 5.16 Å². The maximum atomic E-state index is 12.6. The summed E-state index contributed by atoms with van der Waals surface area (Å²) in [6.07, 6.45) is 3.57. The van der Waals surface area contributed by atoms with E-state index in [1.165, 1.54) is 24.2 Å². The third-order valence-electron chi connectivity index (χ3n) is 4.60. The Morgan fingerprint density at radius 3 is 2.54 bits per heavy atom. The molecule has 1 aromatic heterocycles. The second-order valence-electron chi connectivity index (χ2n) is 7.17. The number of aromatic nitrogens is 2. The maximum Gasteiger partial charge on any atom is 0.325 e. The summed E-state index contributed by atoms with van der Waals surface area (Å²) in [5.41, 5.74) is 2.17. The Hall–Kier alpha value is -2.80. The monoisotopic (exact) mass is 397 g/mol. The summed E-state index contributed by atoms with van der Waals surface area (Å²) < 4.78 is 1.06. The summed E-state index contributed by atoms with van der Waals surface area (Å²) in [6, 6.07) is 11.3. The number of carbonyl (C=O) groups excluding carboxylic acids is 1. The van der Waals surface area contributed by atoms with Crippen molar-refractivity contribution in [2.24, 2.45) is 0 Å². The van der Waals surface area contributed by atoms with Crippen LogP contribution in [0.1, 0.15) is 26.3 Å². The molecule has 1 atom stereocenters. The number of benzene rings is 2. The molecular formula is C21H23N3O3S. The fourth-order valence-electron chi connectivity index (χ4n) is 2.90. The summed E-state index contributed by atoms with van der Waals surface area (Å²) in [4.78, 5) is 28.0. The number of carbonyl (C=O) groups is 2. The van der Waals surface area contributed by atoms with Crippen molar-refractivity contribution < 1.29 is 14.7 Å². The lowest BCUT2D eigenvalue weighted by atomic mass is 10.0. The highest BCUT2D eigenvalue weighted by Crippen LogP contribution is 2.35. The van der Waals surface area contributed by atoms with Crippen LogP contribution in [0.5, 0.6) is 0 Å². The zero-order valence-electron chi connectivity index (χ0n) is 16.3. The van der Waals surface area contributed by atoms with Crippen molar-refractivity contribution in [2.75, 3.05) is 0 Å². The number of hydrogen-bond acceptors (Lipinski definition) is 4. The molecule has 0 radical (unpaired) electrons. The number of carboxylic acids is 1. The zero-order valence-corrected chi connectivity index (χ0v) is 17.1. The number of fused-ring (bicyclic) bond motifs is 1. The van der Waals surface area contributed by atoms with Crippen molar-refractivity contribution >= 4 is 34.4 Å². The smallest absolute Gasteiger partial charge is 0.325 e. The molecule has 0 aliphatic heterocycles. The lowest BCUT2D eigenvalue weighted by molar-refractivity contribution is -0.141. The van der Waals surface area contributed by atoms with Gasteiger partial charge in [0.25, 0.3) is 0 Å². The van der Waals surface area contributed by atoms with E-state index in [0.717, 1.165) is 16.5 Å². The molecular weight excluding hydrogens is 374 g/mol. The molecule has 1 unspecified atom stereocenters. The number of rotatable bonds is 6. The number of hydrogen-bond donors (Lipinski definition) is 2. The van der Waals surface area contributed by atoms with Gasteiger partial charge < -0.3 is 10.4 Å². The van der Waals surface area contributed by atoms with Gasteiger partial charge in [0.1, 0.15) is 6.04 Å². The molecule has 1 heterocycles. The molecule has 0 fully saturated rings. The minimum absolute atomic E-state index is 0.351. The van der Waals surface area contributed by atoms with E-state index in [0.29, 0.717) is 5.16 Å². The Morgan fingerprint density at radius 2 is 1.86 bits per heavy atom. The van der Waals surface area contributed by atoms with E-state index in [-0.39, 0.29) is 5.91 Å². The third kappa shape index (κ3) is 3.89. The van der Waals surface area contributed by atoms with E-state index >= 15 is 0 Å². The highest BCUT2D eigenvalue weighted by atomic mass is 32.2. The summed E-state index contributed by atoms with van der Waals surface area (Å²) in [5, 5.41) is 14.5. The molecule has 0 spiro atoms. The number of aliphatic carboxylic acids is 1. The fraction of sp³-hybridized carbons (Fsp3) is 0.286. The van der Waals surface area contributed by atoms with Gasteiger partial charge in [-0.05, 0) is 44.7 Å². The van der Waals surface area contributed by atoms with E-state index < -0.39 is 16.8 Å². The second-order valence-corrected chi connectivity index (χ2v) is 8.76. The summed E-state index contributed by atoms with van der Waals surface area (Å²) in [5.74, 6) is -1.42. The van der Waals surface area contributed by atoms with Crippen LogP contribution in [-0.2, 0) is 9.59 Å². The molecule has 28 heavy (non-hydrogen) atoms. The largest absolute Gasteiger partial charge is 0.480 e. The topological polar surface area (TPSA) is 84.2 Å². The number of aryl methyl sites for hydroxylation is 1. The van der Waals surface area contributed by atoms with Crippen molar-refractivity contribution in [3.8, 4) is 5.69 Å². The fourth-order valence-corrected chi connectivity index (χ4v) is 3.88. The van der Waals surface area contributed by atoms with Gasteiger partial charge in [-0.2, -0.15) is 0 Å². The minimum atomic E-state index is -1.07. The van der Waals surface area contributed by atoms with Crippen LogP contribution in [0.2, 0.25) is 0 Å². The van der Waals surface area contributed by atoms with Crippen LogP contribution < -0.4 is 5.32 Å². The predicted molar refractivity (Wildman–Crippen MR) is 111 cm³/mol. The number of nitrogens with one attached hydrogen (secondary N) is 1. The molecule has 1 amide bonds. The first kappa shape index (κ1) is 19.9. The van der Waals surface area contributed by atoms with Crippen LogP contribution in [0.3, 0.4) is 0 Å². The van der Waals surface area contributed by atoms with Crippen molar-refractivity contribution in [2.45, 2.75) is 43.6 Å². The third-order valence-corrected chi connectivity index (χ3v) is 5.78. The van der Waals surface area contributed by atoms with Gasteiger partial charge in [0.2, 0.25) is 5.91 Å². The molecule has 0 aliphatic rings. The lowest BCUT2D eigenvalue weighted by Gasteiger charge is -2.24. The number of imidazole rings is 1. The van der Waals surface area contributed by atoms with Crippen LogP contribution in [0.25, 0.3) is 16.5 Å². The molecule has 7 heteroatoms. The minimum Gasteiger partial charge on any atom is -0.480 e. The highest BCUT2D eigenvalue weighted by Gasteiger charge is 2.33. The van der Waals surface area contributed by atoms with Crippen molar-refractivity contribution in [3.05, 3.63) is 54.4 Å². The zero-order chi connectivity index (χ0) is 20.5. The molecule has 0 saturated carbocycles. The van der Waals surface area contributed by atoms with Crippen molar-refractivity contribution in [3.63, 3.8) is 0 Å². The van der Waals surface area contributed by atoms with Crippen LogP contribution in [-0.4, -0.2) is 37.3 Å². The lowest BCUT2D eigenvalue weighted by Crippen LogP contribution is -2.47. The molecule has 0 saturated heterocycles. The van der Waals surface area contributed by atoms with Gasteiger partial charge in [0, 0.05) is 17.8 Å².